The highest BCUT2D eigenvalue weighted by Gasteiger charge is 2.40. The summed E-state index contributed by atoms with van der Waals surface area (Å²) in [6, 6.07) is 16.5. The smallest absolute Gasteiger partial charge is 0.226 e. The van der Waals surface area contributed by atoms with Crippen LogP contribution in [0, 0.1) is 6.92 Å². The van der Waals surface area contributed by atoms with Gasteiger partial charge in [-0.05, 0) is 67.4 Å². The molecule has 1 aliphatic carbocycles. The molecule has 0 radical (unpaired) electrons. The Morgan fingerprint density at radius 1 is 1.15 bits per heavy atom. The fourth-order valence-electron chi connectivity index (χ4n) is 5.19. The highest BCUT2D eigenvalue weighted by Crippen LogP contribution is 2.40. The van der Waals surface area contributed by atoms with Crippen LogP contribution < -0.4 is 10.6 Å². The second-order valence-electron chi connectivity index (χ2n) is 9.26. The van der Waals surface area contributed by atoms with Gasteiger partial charge in [0.15, 0.2) is 5.11 Å². The molecule has 176 valence electrons. The van der Waals surface area contributed by atoms with E-state index in [-0.39, 0.29) is 18.0 Å². The van der Waals surface area contributed by atoms with Crippen LogP contribution in [0.4, 0.5) is 5.69 Å². The number of para-hydroxylation sites is 1. The van der Waals surface area contributed by atoms with Gasteiger partial charge in [0.2, 0.25) is 5.91 Å². The largest absolute Gasteiger partial charge is 0.352 e. The summed E-state index contributed by atoms with van der Waals surface area (Å²) in [5, 5.41) is 7.19. The fraction of sp³-hybridized carbons (Fsp3) is 0.370. The molecule has 1 aliphatic heterocycles. The van der Waals surface area contributed by atoms with Crippen molar-refractivity contribution < 1.29 is 4.79 Å². The van der Waals surface area contributed by atoms with Crippen molar-refractivity contribution in [3.8, 4) is 0 Å². The van der Waals surface area contributed by atoms with E-state index in [1.54, 1.807) is 0 Å². The lowest BCUT2D eigenvalue weighted by atomic mass is 9.99. The predicted octanol–water partition coefficient (Wildman–Crippen LogP) is 5.31. The number of aryl methyl sites for hydroxylation is 1. The molecule has 6 nitrogen and oxygen atoms in total. The molecule has 2 N–H and O–H groups in total. The molecular weight excluding hydrogens is 442 g/mol. The van der Waals surface area contributed by atoms with E-state index in [2.05, 4.69) is 43.5 Å². The summed E-state index contributed by atoms with van der Waals surface area (Å²) in [5.74, 6) is -0.0133. The highest BCUT2D eigenvalue weighted by molar-refractivity contribution is 7.80. The summed E-state index contributed by atoms with van der Waals surface area (Å²) in [4.78, 5) is 19.6. The summed E-state index contributed by atoms with van der Waals surface area (Å²) in [6.45, 7) is 2.53. The number of pyridine rings is 1. The van der Waals surface area contributed by atoms with Crippen LogP contribution in [-0.4, -0.2) is 32.0 Å². The number of carbonyl (C=O) groups is 1. The molecule has 7 heteroatoms. The van der Waals surface area contributed by atoms with Crippen LogP contribution in [0.15, 0.2) is 67.1 Å². The lowest BCUT2D eigenvalue weighted by Crippen LogP contribution is -2.32. The summed E-state index contributed by atoms with van der Waals surface area (Å²) >= 11 is 5.76. The van der Waals surface area contributed by atoms with Gasteiger partial charge in [-0.25, -0.2) is 0 Å². The number of hydrogen-bond donors (Lipinski definition) is 2. The van der Waals surface area contributed by atoms with Crippen molar-refractivity contribution in [1.29, 1.82) is 0 Å². The van der Waals surface area contributed by atoms with Crippen molar-refractivity contribution in [2.24, 2.45) is 0 Å². The Morgan fingerprint density at radius 2 is 1.94 bits per heavy atom. The number of rotatable bonds is 7. The van der Waals surface area contributed by atoms with Gasteiger partial charge in [0.25, 0.3) is 0 Å². The maximum Gasteiger partial charge on any atom is 0.226 e. The second-order valence-corrected chi connectivity index (χ2v) is 9.65. The van der Waals surface area contributed by atoms with Crippen LogP contribution >= 0.6 is 12.2 Å². The Kier molecular flexibility index (Phi) is 6.63. The summed E-state index contributed by atoms with van der Waals surface area (Å²) in [6.07, 6.45) is 11.7. The van der Waals surface area contributed by atoms with Gasteiger partial charge in [-0.2, -0.15) is 0 Å². The molecule has 2 fully saturated rings. The predicted molar refractivity (Wildman–Crippen MR) is 139 cm³/mol. The van der Waals surface area contributed by atoms with Crippen LogP contribution in [0.5, 0.6) is 0 Å². The first-order valence-electron chi connectivity index (χ1n) is 12.1. The SMILES string of the molecule is Cc1ccccc1NC(=O)CCN1C(=S)NC(c2ccccn2)C1c1ccn(C2CCCC2)c1. The van der Waals surface area contributed by atoms with Crippen molar-refractivity contribution in [1.82, 2.24) is 19.8 Å². The Bertz CT molecular complexity index is 1150. The molecule has 2 aromatic heterocycles. The van der Waals surface area contributed by atoms with Crippen LogP contribution in [0.25, 0.3) is 0 Å². The number of nitrogens with zero attached hydrogens (tertiary/aromatic N) is 3. The van der Waals surface area contributed by atoms with E-state index in [0.717, 1.165) is 16.9 Å². The van der Waals surface area contributed by atoms with E-state index >= 15 is 0 Å². The quantitative estimate of drug-likeness (QED) is 0.456. The van der Waals surface area contributed by atoms with E-state index in [0.29, 0.717) is 24.1 Å². The van der Waals surface area contributed by atoms with Gasteiger partial charge in [0.1, 0.15) is 0 Å². The van der Waals surface area contributed by atoms with E-state index in [4.69, 9.17) is 12.2 Å². The van der Waals surface area contributed by atoms with Gasteiger partial charge in [0.05, 0.1) is 17.8 Å². The molecule has 1 amide bonds. The van der Waals surface area contributed by atoms with Crippen LogP contribution in [0.3, 0.4) is 0 Å². The number of nitrogens with one attached hydrogen (secondary N) is 2. The average molecular weight is 474 g/mol. The van der Waals surface area contributed by atoms with Gasteiger partial charge in [0, 0.05) is 43.3 Å². The monoisotopic (exact) mass is 473 g/mol. The van der Waals surface area contributed by atoms with Crippen molar-refractivity contribution in [2.75, 3.05) is 11.9 Å². The average Bonchev–Trinajstić information content (AvgIpc) is 3.60. The third kappa shape index (κ3) is 4.71. The zero-order valence-corrected chi connectivity index (χ0v) is 20.3. The third-order valence-electron chi connectivity index (χ3n) is 7.02. The fourth-order valence-corrected chi connectivity index (χ4v) is 5.52. The number of amides is 1. The van der Waals surface area contributed by atoms with Crippen LogP contribution in [0.1, 0.15) is 67.1 Å². The molecule has 3 heterocycles. The topological polar surface area (TPSA) is 62.2 Å². The van der Waals surface area contributed by atoms with Gasteiger partial charge >= 0.3 is 0 Å². The minimum atomic E-state index is -0.0624. The highest BCUT2D eigenvalue weighted by atomic mass is 32.1. The second kappa shape index (κ2) is 9.97. The molecule has 2 unspecified atom stereocenters. The molecule has 2 aliphatic rings. The molecule has 5 rings (SSSR count). The summed E-state index contributed by atoms with van der Waals surface area (Å²) < 4.78 is 2.36. The zero-order chi connectivity index (χ0) is 23.5. The molecule has 1 aromatic carbocycles. The maximum atomic E-state index is 12.8. The normalized spacial score (nSPS) is 20.5. The first-order valence-corrected chi connectivity index (χ1v) is 12.5. The van der Waals surface area contributed by atoms with Gasteiger partial charge in [-0.15, -0.1) is 0 Å². The number of hydrogen-bond acceptors (Lipinski definition) is 3. The number of benzene rings is 1. The molecular formula is C27H31N5OS. The lowest BCUT2D eigenvalue weighted by molar-refractivity contribution is -0.116. The first-order chi connectivity index (χ1) is 16.6. The number of carbonyl (C=O) groups excluding carboxylic acids is 1. The van der Waals surface area contributed by atoms with Crippen LogP contribution in [-0.2, 0) is 4.79 Å². The molecule has 34 heavy (non-hydrogen) atoms. The summed E-state index contributed by atoms with van der Waals surface area (Å²) in [5.41, 5.74) is 4.06. The lowest BCUT2D eigenvalue weighted by Gasteiger charge is -2.27. The Morgan fingerprint density at radius 3 is 2.71 bits per heavy atom. The Labute approximate surface area is 206 Å². The first kappa shape index (κ1) is 22.6. The van der Waals surface area contributed by atoms with Crippen molar-refractivity contribution in [2.45, 2.75) is 57.2 Å². The third-order valence-corrected chi connectivity index (χ3v) is 7.37. The van der Waals surface area contributed by atoms with Gasteiger partial charge < -0.3 is 20.1 Å². The zero-order valence-electron chi connectivity index (χ0n) is 19.5. The van der Waals surface area contributed by atoms with E-state index < -0.39 is 0 Å². The maximum absolute atomic E-state index is 12.8. The van der Waals surface area contributed by atoms with E-state index in [9.17, 15) is 4.79 Å². The van der Waals surface area contributed by atoms with Crippen molar-refractivity contribution in [3.63, 3.8) is 0 Å². The van der Waals surface area contributed by atoms with Gasteiger partial charge in [-0.3, -0.25) is 9.78 Å². The number of thiocarbonyl (C=S) groups is 1. The number of anilines is 1. The van der Waals surface area contributed by atoms with Crippen molar-refractivity contribution in [3.05, 3.63) is 83.9 Å². The minimum Gasteiger partial charge on any atom is -0.352 e. The van der Waals surface area contributed by atoms with Crippen LogP contribution in [0.2, 0.25) is 0 Å². The van der Waals surface area contributed by atoms with E-state index in [1.807, 2.05) is 55.6 Å². The molecule has 1 saturated carbocycles. The molecule has 0 spiro atoms. The molecule has 0 bridgehead atoms. The van der Waals surface area contributed by atoms with Crippen molar-refractivity contribution >= 4 is 28.9 Å². The summed E-state index contributed by atoms with van der Waals surface area (Å²) in [7, 11) is 0. The molecule has 3 aromatic rings. The minimum absolute atomic E-state index is 0.0133. The Hall–Kier alpha value is -3.19. The molecule has 2 atom stereocenters. The number of aromatic nitrogens is 2. The van der Waals surface area contributed by atoms with E-state index in [1.165, 1.54) is 31.2 Å². The van der Waals surface area contributed by atoms with Gasteiger partial charge in [-0.1, -0.05) is 37.1 Å². The molecule has 1 saturated heterocycles. The standard InChI is InChI=1S/C27H31N5OS/c1-19-8-2-5-11-22(19)29-24(33)14-17-32-26(20-13-16-31(18-20)21-9-3-4-10-21)25(30-27(32)34)23-12-6-7-15-28-23/h2,5-8,11-13,15-16,18,21,25-26H,3-4,9-10,14,17H2,1H3,(H,29,33)(H,30,34). The Balaban J connectivity index is 1.36.